The molecule has 0 aliphatic heterocycles. The zero-order chi connectivity index (χ0) is 19.8. The summed E-state index contributed by atoms with van der Waals surface area (Å²) in [4.78, 5) is 34.9. The molecular formula is C22H25NO4. The standard InChI is InChI=1S/C22H25NO4/c1-4-16-5-9-18(10-6-16)21(15(2)3)23-20(25)14-27-22(26)19-11-7-17(13-24)8-12-19/h5-13,15,21H,4,14H2,1-3H3,(H,23,25)/t21-/m0/s1. The Morgan fingerprint density at radius 2 is 1.67 bits per heavy atom. The lowest BCUT2D eigenvalue weighted by molar-refractivity contribution is -0.125. The molecule has 0 heterocycles. The molecule has 0 spiro atoms. The van der Waals surface area contributed by atoms with Crippen molar-refractivity contribution in [1.29, 1.82) is 0 Å². The van der Waals surface area contributed by atoms with Crippen LogP contribution in [0.1, 0.15) is 58.7 Å². The van der Waals surface area contributed by atoms with E-state index in [1.54, 1.807) is 0 Å². The summed E-state index contributed by atoms with van der Waals surface area (Å²) in [6.45, 7) is 5.79. The second-order valence-corrected chi connectivity index (χ2v) is 6.70. The first kappa shape index (κ1) is 20.4. The number of carbonyl (C=O) groups is 3. The number of rotatable bonds is 8. The Labute approximate surface area is 159 Å². The SMILES string of the molecule is CCc1ccc([C@@H](NC(=O)COC(=O)c2ccc(C=O)cc2)C(C)C)cc1. The predicted octanol–water partition coefficient (Wildman–Crippen LogP) is 3.73. The van der Waals surface area contributed by atoms with E-state index in [1.165, 1.54) is 29.8 Å². The first-order chi connectivity index (χ1) is 12.9. The minimum absolute atomic E-state index is 0.158. The van der Waals surface area contributed by atoms with Crippen molar-refractivity contribution in [3.05, 3.63) is 70.8 Å². The van der Waals surface area contributed by atoms with Crippen LogP contribution in [-0.4, -0.2) is 24.8 Å². The third kappa shape index (κ3) is 5.78. The summed E-state index contributed by atoms with van der Waals surface area (Å²) < 4.78 is 5.08. The maximum absolute atomic E-state index is 12.3. The maximum Gasteiger partial charge on any atom is 0.338 e. The first-order valence-corrected chi connectivity index (χ1v) is 9.05. The second-order valence-electron chi connectivity index (χ2n) is 6.70. The van der Waals surface area contributed by atoms with Gasteiger partial charge in [-0.2, -0.15) is 0 Å². The van der Waals surface area contributed by atoms with E-state index in [0.29, 0.717) is 17.4 Å². The van der Waals surface area contributed by atoms with E-state index < -0.39 is 5.97 Å². The number of aldehydes is 1. The van der Waals surface area contributed by atoms with Gasteiger partial charge >= 0.3 is 5.97 Å². The molecule has 1 N–H and O–H groups in total. The Morgan fingerprint density at radius 3 is 2.19 bits per heavy atom. The van der Waals surface area contributed by atoms with Crippen molar-refractivity contribution in [2.24, 2.45) is 5.92 Å². The van der Waals surface area contributed by atoms with E-state index in [1.807, 2.05) is 26.0 Å². The molecule has 0 aromatic heterocycles. The van der Waals surface area contributed by atoms with Crippen LogP contribution >= 0.6 is 0 Å². The molecule has 1 amide bonds. The van der Waals surface area contributed by atoms with E-state index in [-0.39, 0.29) is 24.5 Å². The molecule has 0 radical (unpaired) electrons. The van der Waals surface area contributed by atoms with Crippen molar-refractivity contribution < 1.29 is 19.1 Å². The minimum atomic E-state index is -0.601. The van der Waals surface area contributed by atoms with Crippen LogP contribution < -0.4 is 5.32 Å². The third-order valence-electron chi connectivity index (χ3n) is 4.35. The first-order valence-electron chi connectivity index (χ1n) is 9.05. The highest BCUT2D eigenvalue weighted by atomic mass is 16.5. The molecule has 2 aromatic rings. The molecule has 2 rings (SSSR count). The lowest BCUT2D eigenvalue weighted by atomic mass is 9.95. The molecule has 1 atom stereocenters. The number of hydrogen-bond donors (Lipinski definition) is 1. The average molecular weight is 367 g/mol. The van der Waals surface area contributed by atoms with Crippen molar-refractivity contribution >= 4 is 18.2 Å². The van der Waals surface area contributed by atoms with E-state index in [4.69, 9.17) is 4.74 Å². The van der Waals surface area contributed by atoms with Crippen molar-refractivity contribution in [3.63, 3.8) is 0 Å². The summed E-state index contributed by atoms with van der Waals surface area (Å²) in [6, 6.07) is 14.0. The number of nitrogens with one attached hydrogen (secondary N) is 1. The molecule has 0 saturated carbocycles. The Balaban J connectivity index is 1.94. The predicted molar refractivity (Wildman–Crippen MR) is 104 cm³/mol. The van der Waals surface area contributed by atoms with Gasteiger partial charge in [0.05, 0.1) is 11.6 Å². The highest BCUT2D eigenvalue weighted by Crippen LogP contribution is 2.22. The molecule has 2 aromatic carbocycles. The van der Waals surface area contributed by atoms with Crippen LogP contribution in [0.5, 0.6) is 0 Å². The number of benzene rings is 2. The fourth-order valence-corrected chi connectivity index (χ4v) is 2.72. The zero-order valence-electron chi connectivity index (χ0n) is 15.9. The molecule has 0 aliphatic rings. The molecule has 27 heavy (non-hydrogen) atoms. The van der Waals surface area contributed by atoms with Crippen LogP contribution in [0.15, 0.2) is 48.5 Å². The van der Waals surface area contributed by atoms with Crippen molar-refractivity contribution in [3.8, 4) is 0 Å². The van der Waals surface area contributed by atoms with Crippen molar-refractivity contribution in [1.82, 2.24) is 5.32 Å². The Hall–Kier alpha value is -2.95. The highest BCUT2D eigenvalue weighted by Gasteiger charge is 2.19. The number of amides is 1. The van der Waals surface area contributed by atoms with Gasteiger partial charge in [-0.1, -0.05) is 57.2 Å². The van der Waals surface area contributed by atoms with E-state index >= 15 is 0 Å². The lowest BCUT2D eigenvalue weighted by Crippen LogP contribution is -2.35. The van der Waals surface area contributed by atoms with Gasteiger partial charge < -0.3 is 10.1 Å². The summed E-state index contributed by atoms with van der Waals surface area (Å²) in [6.07, 6.45) is 1.66. The second kappa shape index (κ2) is 9.67. The molecule has 0 bridgehead atoms. The van der Waals surface area contributed by atoms with Crippen LogP contribution in [-0.2, 0) is 16.0 Å². The summed E-state index contributed by atoms with van der Waals surface area (Å²) in [5, 5.41) is 2.93. The fraction of sp³-hybridized carbons (Fsp3) is 0.318. The van der Waals surface area contributed by atoms with Gasteiger partial charge in [-0.3, -0.25) is 9.59 Å². The van der Waals surface area contributed by atoms with Gasteiger partial charge in [-0.05, 0) is 35.6 Å². The summed E-state index contributed by atoms with van der Waals surface area (Å²) >= 11 is 0. The molecule has 0 saturated heterocycles. The largest absolute Gasteiger partial charge is 0.452 e. The quantitative estimate of drug-likeness (QED) is 0.570. The Kier molecular flexibility index (Phi) is 7.29. The van der Waals surface area contributed by atoms with Gasteiger partial charge in [-0.15, -0.1) is 0 Å². The van der Waals surface area contributed by atoms with Crippen molar-refractivity contribution in [2.45, 2.75) is 33.2 Å². The monoisotopic (exact) mass is 367 g/mol. The molecule has 0 fully saturated rings. The van der Waals surface area contributed by atoms with Crippen LogP contribution in [0, 0.1) is 5.92 Å². The van der Waals surface area contributed by atoms with Crippen LogP contribution in [0.2, 0.25) is 0 Å². The van der Waals surface area contributed by atoms with Crippen LogP contribution in [0.4, 0.5) is 0 Å². The molecular weight excluding hydrogens is 342 g/mol. The van der Waals surface area contributed by atoms with E-state index in [9.17, 15) is 14.4 Å². The number of ether oxygens (including phenoxy) is 1. The molecule has 0 unspecified atom stereocenters. The topological polar surface area (TPSA) is 72.5 Å². The summed E-state index contributed by atoms with van der Waals surface area (Å²) in [7, 11) is 0. The minimum Gasteiger partial charge on any atom is -0.452 e. The van der Waals surface area contributed by atoms with Gasteiger partial charge in [0.25, 0.3) is 5.91 Å². The number of hydrogen-bond acceptors (Lipinski definition) is 4. The van der Waals surface area contributed by atoms with Crippen LogP contribution in [0.3, 0.4) is 0 Å². The number of esters is 1. The molecule has 5 heteroatoms. The Morgan fingerprint density at radius 1 is 1.04 bits per heavy atom. The van der Waals surface area contributed by atoms with Gasteiger partial charge in [0.15, 0.2) is 6.61 Å². The fourth-order valence-electron chi connectivity index (χ4n) is 2.72. The summed E-state index contributed by atoms with van der Waals surface area (Å²) in [5.74, 6) is -0.768. The third-order valence-corrected chi connectivity index (χ3v) is 4.35. The van der Waals surface area contributed by atoms with E-state index in [2.05, 4.69) is 24.4 Å². The summed E-state index contributed by atoms with van der Waals surface area (Å²) in [5.41, 5.74) is 3.02. The Bertz CT molecular complexity index is 779. The zero-order valence-corrected chi connectivity index (χ0v) is 15.9. The number of aryl methyl sites for hydroxylation is 1. The van der Waals surface area contributed by atoms with E-state index in [0.717, 1.165) is 12.0 Å². The molecule has 5 nitrogen and oxygen atoms in total. The van der Waals surface area contributed by atoms with Gasteiger partial charge in [0.1, 0.15) is 6.29 Å². The maximum atomic E-state index is 12.3. The number of carbonyl (C=O) groups excluding carboxylic acids is 3. The smallest absolute Gasteiger partial charge is 0.338 e. The van der Waals surface area contributed by atoms with Crippen molar-refractivity contribution in [2.75, 3.05) is 6.61 Å². The highest BCUT2D eigenvalue weighted by molar-refractivity contribution is 5.92. The van der Waals surface area contributed by atoms with Crippen LogP contribution in [0.25, 0.3) is 0 Å². The lowest BCUT2D eigenvalue weighted by Gasteiger charge is -2.23. The molecule has 142 valence electrons. The molecule has 0 aliphatic carbocycles. The van der Waals surface area contributed by atoms with Gasteiger partial charge in [0.2, 0.25) is 0 Å². The van der Waals surface area contributed by atoms with Gasteiger partial charge in [0, 0.05) is 5.56 Å². The average Bonchev–Trinajstić information content (AvgIpc) is 2.70. The van der Waals surface area contributed by atoms with Gasteiger partial charge in [-0.25, -0.2) is 4.79 Å². The normalized spacial score (nSPS) is 11.7.